The third-order valence-corrected chi connectivity index (χ3v) is 17.2. The number of nitrogens with one attached hydrogen (secondary N) is 1. The molecule has 12 rings (SSSR count). The number of phenolic OH excluding ortho intramolecular Hbond substituents is 1. The van der Waals surface area contributed by atoms with Crippen molar-refractivity contribution in [3.8, 4) is 23.0 Å². The third kappa shape index (κ3) is 13.4. The average Bonchev–Trinajstić information content (AvgIpc) is 1.50. The van der Waals surface area contributed by atoms with Crippen LogP contribution in [0.2, 0.25) is 0 Å². The molecule has 0 fully saturated rings. The zero-order valence-electron chi connectivity index (χ0n) is 48.9. The maximum atomic E-state index is 14.4. The van der Waals surface area contributed by atoms with Crippen LogP contribution in [-0.2, 0) is 46.6 Å². The molecular formula is C66H59F2N10O12S2+. The summed E-state index contributed by atoms with van der Waals surface area (Å²) in [4.78, 5) is 55.7. The number of halogens is 2. The van der Waals surface area contributed by atoms with E-state index in [0.717, 1.165) is 30.4 Å². The highest BCUT2D eigenvalue weighted by Gasteiger charge is 2.39. The summed E-state index contributed by atoms with van der Waals surface area (Å²) in [6.07, 6.45) is 4.60. The molecule has 2 aliphatic rings. The number of rotatable bonds is 16. The van der Waals surface area contributed by atoms with Crippen LogP contribution in [0.3, 0.4) is 0 Å². The molecule has 0 spiro atoms. The van der Waals surface area contributed by atoms with E-state index in [1.54, 1.807) is 92.6 Å². The van der Waals surface area contributed by atoms with Gasteiger partial charge in [0.1, 0.15) is 34.5 Å². The minimum absolute atomic E-state index is 0. The van der Waals surface area contributed by atoms with Crippen molar-refractivity contribution in [2.24, 2.45) is 4.40 Å². The van der Waals surface area contributed by atoms with E-state index in [9.17, 15) is 50.2 Å². The molecule has 26 heteroatoms. The van der Waals surface area contributed by atoms with Crippen molar-refractivity contribution in [1.29, 1.82) is 0 Å². The second-order valence-corrected chi connectivity index (χ2v) is 24.3. The van der Waals surface area contributed by atoms with Gasteiger partial charge in [-0.3, -0.25) is 19.6 Å². The lowest BCUT2D eigenvalue weighted by atomic mass is 9.99. The van der Waals surface area contributed by atoms with Crippen LogP contribution in [-0.4, -0.2) is 93.9 Å². The molecule has 3 amide bonds. The molecule has 0 saturated heterocycles. The summed E-state index contributed by atoms with van der Waals surface area (Å²) in [5.41, 5.74) is 5.11. The minimum atomic E-state index is -4.54. The standard InChI is InChI=1S/C39H32FN5O6S.C26H22FN5O6S.CH4/c1-43(2)30-19-22-45(23-20-30)52(48,49)42-39(47)51-36-31-14-9-21-41-34(31)37(50-35(27-10-5-3-6-11-27)28-12-7-4-8-13-28)33-32(36)25-44(38(33)46)24-26-15-17-29(40)18-16-26;1-30(2)18-9-12-32(13-10-18)39(36,37)29-26(35)38-24-19-4-3-11-28-22(19)23(33)21-20(24)15-31(25(21)34)14-16-5-7-17(27)8-6-16;/h3-23,35H,24-25H2,1-2H3;3-13H,14-15H2,1-2H3,(H-,29,33,34,35);1H4/p+1. The van der Waals surface area contributed by atoms with Crippen LogP contribution in [0.25, 0.3) is 21.8 Å². The number of amides is 3. The smallest absolute Gasteiger partial charge is 0.493 e. The Morgan fingerprint density at radius 2 is 1.07 bits per heavy atom. The average molecular weight is 1290 g/mol. The van der Waals surface area contributed by atoms with Crippen LogP contribution in [0.15, 0.2) is 199 Å². The summed E-state index contributed by atoms with van der Waals surface area (Å²) in [5, 5.41) is 24.8. The number of aromatic nitrogens is 4. The lowest BCUT2D eigenvalue weighted by molar-refractivity contribution is -0.512. The van der Waals surface area contributed by atoms with Gasteiger partial charge in [-0.05, 0) is 70.8 Å². The second kappa shape index (κ2) is 26.5. The Morgan fingerprint density at radius 3 is 1.57 bits per heavy atom. The number of carbonyl (C=O) groups is 3. The van der Waals surface area contributed by atoms with Gasteiger partial charge < -0.3 is 44.0 Å². The molecule has 2 N–H and O–H groups in total. The molecule has 0 radical (unpaired) electrons. The zero-order valence-corrected chi connectivity index (χ0v) is 50.5. The Balaban J connectivity index is 0.000000208. The maximum Gasteiger partial charge on any atom is 0.493 e. The van der Waals surface area contributed by atoms with E-state index in [-0.39, 0.29) is 95.3 Å². The highest BCUT2D eigenvalue weighted by Crippen LogP contribution is 2.47. The molecule has 0 aliphatic carbocycles. The molecule has 10 aromatic rings. The van der Waals surface area contributed by atoms with Gasteiger partial charge >= 0.3 is 26.5 Å². The number of hydrogen-bond donors (Lipinski definition) is 2. The van der Waals surface area contributed by atoms with Crippen molar-refractivity contribution in [3.05, 3.63) is 251 Å². The molecule has 22 nitrogen and oxygen atoms in total. The summed E-state index contributed by atoms with van der Waals surface area (Å²) in [6, 6.07) is 42.9. The first-order valence-corrected chi connectivity index (χ1v) is 30.7. The second-order valence-electron chi connectivity index (χ2n) is 21.2. The molecule has 4 aromatic heterocycles. The quantitative estimate of drug-likeness (QED) is 0.0527. The SMILES string of the molecule is C.CN(C)c1cc[n+](S(=O)(=O)N=C([O-])Oc2c3c(c(OC(c4ccccc4)c4ccccc4)c4ncccc24)C(=O)N(Cc2ccc(F)cc2)C3)cc1.CN(C)c1cc[n+](S(=O)(=O)NC(=O)Oc2c3c(c(O)c4ncccc24)C(=O)N(Cc2ccc(F)cc2)C3)cc1. The van der Waals surface area contributed by atoms with Crippen LogP contribution >= 0.6 is 0 Å². The molecule has 0 bridgehead atoms. The highest BCUT2D eigenvalue weighted by molar-refractivity contribution is 7.83. The van der Waals surface area contributed by atoms with Gasteiger partial charge in [0, 0.05) is 124 Å². The van der Waals surface area contributed by atoms with E-state index in [0.29, 0.717) is 16.5 Å². The number of carbonyl (C=O) groups excluding carboxylic acids is 3. The fraction of sp³-hybridized carbons (Fsp3) is 0.152. The maximum absolute atomic E-state index is 14.4. The van der Waals surface area contributed by atoms with Gasteiger partial charge in [0.15, 0.2) is 42.4 Å². The van der Waals surface area contributed by atoms with Crippen molar-refractivity contribution in [1.82, 2.24) is 24.5 Å². The van der Waals surface area contributed by atoms with Crippen LogP contribution in [0.4, 0.5) is 25.0 Å². The summed E-state index contributed by atoms with van der Waals surface area (Å²) >= 11 is 0. The van der Waals surface area contributed by atoms with Crippen LogP contribution in [0, 0.1) is 11.6 Å². The number of aromatic hydroxyl groups is 1. The van der Waals surface area contributed by atoms with E-state index < -0.39 is 62.1 Å². The van der Waals surface area contributed by atoms with Crippen molar-refractivity contribution in [2.45, 2.75) is 39.7 Å². The van der Waals surface area contributed by atoms with Gasteiger partial charge in [-0.25, -0.2) is 13.6 Å². The summed E-state index contributed by atoms with van der Waals surface area (Å²) in [5.74, 6) is -2.24. The Hall–Kier alpha value is -11.1. The largest absolute Gasteiger partial charge is 0.564 e. The van der Waals surface area contributed by atoms with Crippen LogP contribution < -0.4 is 41.8 Å². The van der Waals surface area contributed by atoms with Crippen LogP contribution in [0.5, 0.6) is 23.0 Å². The van der Waals surface area contributed by atoms with E-state index in [1.807, 2.05) is 65.4 Å². The Bertz CT molecular complexity index is 4650. The molecule has 92 heavy (non-hydrogen) atoms. The molecular weight excluding hydrogens is 1230 g/mol. The van der Waals surface area contributed by atoms with Crippen molar-refractivity contribution in [2.75, 3.05) is 38.0 Å². The van der Waals surface area contributed by atoms with E-state index in [1.165, 1.54) is 89.4 Å². The molecule has 6 heterocycles. The van der Waals surface area contributed by atoms with Gasteiger partial charge in [-0.15, -0.1) is 16.8 Å². The fourth-order valence-corrected chi connectivity index (χ4v) is 11.9. The number of fused-ring (bicyclic) bond motifs is 4. The number of nitrogens with zero attached hydrogens (tertiary/aromatic N) is 9. The van der Waals surface area contributed by atoms with Gasteiger partial charge in [-0.2, -0.15) is 4.72 Å². The van der Waals surface area contributed by atoms with Crippen molar-refractivity contribution >= 4 is 77.6 Å². The summed E-state index contributed by atoms with van der Waals surface area (Å²) in [6.45, 7) is 0.102. The number of benzene rings is 6. The molecule has 470 valence electrons. The van der Waals surface area contributed by atoms with Crippen molar-refractivity contribution in [3.63, 3.8) is 0 Å². The van der Waals surface area contributed by atoms with E-state index in [2.05, 4.69) is 14.4 Å². The lowest BCUT2D eigenvalue weighted by Crippen LogP contribution is -2.52. The first kappa shape index (κ1) is 63.9. The highest BCUT2D eigenvalue weighted by atomic mass is 32.2. The van der Waals surface area contributed by atoms with E-state index >= 15 is 0 Å². The Kier molecular flexibility index (Phi) is 18.4. The fourth-order valence-electron chi connectivity index (χ4n) is 10.4. The minimum Gasteiger partial charge on any atom is -0.564 e. The van der Waals surface area contributed by atoms with E-state index in [4.69, 9.17) is 14.2 Å². The Labute approximate surface area is 528 Å². The first-order valence-electron chi connectivity index (χ1n) is 27.9. The lowest BCUT2D eigenvalue weighted by Gasteiger charge is -2.25. The molecule has 6 aromatic carbocycles. The topological polar surface area (TPSA) is 261 Å². The molecule has 0 unspecified atom stereocenters. The van der Waals surface area contributed by atoms with Gasteiger partial charge in [0.25, 0.3) is 11.8 Å². The number of pyridine rings is 4. The normalized spacial score (nSPS) is 12.8. The number of ether oxygens (including phenoxy) is 3. The summed E-state index contributed by atoms with van der Waals surface area (Å²) in [7, 11) is -1.70. The zero-order chi connectivity index (χ0) is 64.3. The van der Waals surface area contributed by atoms with Crippen LogP contribution in [0.1, 0.15) is 67.6 Å². The number of phenols is 1. The first-order chi connectivity index (χ1) is 43.6. The van der Waals surface area contributed by atoms with Gasteiger partial charge in [0.05, 0.1) is 17.7 Å². The Morgan fingerprint density at radius 1 is 0.620 bits per heavy atom. The monoisotopic (exact) mass is 1290 g/mol. The predicted molar refractivity (Wildman–Crippen MR) is 335 cm³/mol. The third-order valence-electron chi connectivity index (χ3n) is 14.8. The molecule has 0 atom stereocenters. The van der Waals surface area contributed by atoms with Crippen molar-refractivity contribution < 1.29 is 72.4 Å². The predicted octanol–water partition coefficient (Wildman–Crippen LogP) is 8.05. The number of hydrogen-bond acceptors (Lipinski definition) is 16. The summed E-state index contributed by atoms with van der Waals surface area (Å²) < 4.78 is 104. The molecule has 2 aliphatic heterocycles. The van der Waals surface area contributed by atoms with Gasteiger partial charge in [0.2, 0.25) is 0 Å². The number of anilines is 2. The molecule has 0 saturated carbocycles. The van der Waals surface area contributed by atoms with Gasteiger partial charge in [-0.1, -0.05) is 105 Å².